The number of nitrogens with one attached hydrogen (secondary N) is 1. The highest BCUT2D eigenvalue weighted by atomic mass is 16.6. The number of aromatic amines is 1. The van der Waals surface area contributed by atoms with Gasteiger partial charge in [-0.25, -0.2) is 9.97 Å². The van der Waals surface area contributed by atoms with Crippen molar-refractivity contribution in [1.29, 1.82) is 0 Å². The van der Waals surface area contributed by atoms with Gasteiger partial charge in [-0.1, -0.05) is 0 Å². The number of carbonyl (C=O) groups excluding carboxylic acids is 3. The maximum Gasteiger partial charge on any atom is 0.303 e. The maximum atomic E-state index is 11.2. The van der Waals surface area contributed by atoms with Crippen LogP contribution in [0.2, 0.25) is 0 Å². The van der Waals surface area contributed by atoms with Crippen LogP contribution in [0.1, 0.15) is 20.8 Å². The molecular weight excluding hydrogens is 318 g/mol. The average Bonchev–Trinajstić information content (AvgIpc) is 2.96. The van der Waals surface area contributed by atoms with Crippen LogP contribution in [0.15, 0.2) is 17.6 Å². The zero-order chi connectivity index (χ0) is 17.7. The smallest absolute Gasteiger partial charge is 0.303 e. The number of fused-ring (bicyclic) bond motifs is 1. The number of hydrogen-bond acceptors (Lipinski definition) is 7. The zero-order valence-corrected chi connectivity index (χ0v) is 13.5. The monoisotopic (exact) mass is 335 g/mol. The van der Waals surface area contributed by atoms with E-state index in [1.165, 1.54) is 33.4 Å². The molecule has 0 fully saturated rings. The highest BCUT2D eigenvalue weighted by Gasteiger charge is 2.17. The van der Waals surface area contributed by atoms with E-state index in [1.54, 1.807) is 4.57 Å². The van der Waals surface area contributed by atoms with Crippen LogP contribution in [0, 0.1) is 0 Å². The number of imidazole rings is 1. The van der Waals surface area contributed by atoms with Gasteiger partial charge in [0.25, 0.3) is 0 Å². The predicted octanol–water partition coefficient (Wildman–Crippen LogP) is -0.299. The van der Waals surface area contributed by atoms with Gasteiger partial charge in [-0.2, -0.15) is 4.99 Å². The Morgan fingerprint density at radius 1 is 1.25 bits per heavy atom. The summed E-state index contributed by atoms with van der Waals surface area (Å²) < 4.78 is 11.7. The van der Waals surface area contributed by atoms with Crippen molar-refractivity contribution < 1.29 is 23.9 Å². The fourth-order valence-electron chi connectivity index (χ4n) is 2.07. The lowest BCUT2D eigenvalue weighted by molar-refractivity contribution is -0.157. The molecular formula is C14H17N5O5. The van der Waals surface area contributed by atoms with E-state index in [0.29, 0.717) is 11.2 Å². The Labute approximate surface area is 136 Å². The van der Waals surface area contributed by atoms with Gasteiger partial charge in [0.1, 0.15) is 12.1 Å². The molecule has 0 spiro atoms. The number of rotatable bonds is 5. The summed E-state index contributed by atoms with van der Waals surface area (Å²) in [7, 11) is 0. The van der Waals surface area contributed by atoms with E-state index in [2.05, 4.69) is 19.9 Å². The molecule has 1 N–H and O–H groups in total. The molecule has 0 aliphatic heterocycles. The minimum absolute atomic E-state index is 0.0899. The molecule has 0 saturated heterocycles. The first-order chi connectivity index (χ1) is 11.4. The van der Waals surface area contributed by atoms with Gasteiger partial charge in [0.2, 0.25) is 5.91 Å². The Balaban J connectivity index is 2.33. The van der Waals surface area contributed by atoms with Gasteiger partial charge in [0, 0.05) is 20.8 Å². The van der Waals surface area contributed by atoms with Crippen LogP contribution >= 0.6 is 0 Å². The molecule has 0 bridgehead atoms. The number of ether oxygens (including phenoxy) is 2. The van der Waals surface area contributed by atoms with Crippen LogP contribution in [0.4, 0.5) is 0 Å². The standard InChI is InChI=1S/C14H17N5O5/c1-8(20)18-13-12-14(16-6-15-12)19(7-17-13)4-11(24-10(3)22)5-23-9(2)21/h6-7,11H,4-5H2,1-3H3,(H,15,16). The van der Waals surface area contributed by atoms with Crippen LogP contribution in [0.25, 0.3) is 11.2 Å². The second-order valence-corrected chi connectivity index (χ2v) is 4.99. The largest absolute Gasteiger partial charge is 0.462 e. The number of H-pyrrole nitrogens is 1. The van der Waals surface area contributed by atoms with E-state index < -0.39 is 18.0 Å². The van der Waals surface area contributed by atoms with Crippen molar-refractivity contribution >= 4 is 29.0 Å². The average molecular weight is 335 g/mol. The number of hydrogen-bond donors (Lipinski definition) is 1. The molecule has 0 aliphatic rings. The van der Waals surface area contributed by atoms with Crippen molar-refractivity contribution in [2.24, 2.45) is 4.99 Å². The number of amides is 1. The van der Waals surface area contributed by atoms with E-state index in [4.69, 9.17) is 9.47 Å². The van der Waals surface area contributed by atoms with E-state index in [1.807, 2.05) is 0 Å². The summed E-state index contributed by atoms with van der Waals surface area (Å²) in [4.78, 5) is 48.3. The van der Waals surface area contributed by atoms with Crippen molar-refractivity contribution in [2.45, 2.75) is 33.4 Å². The molecule has 0 aromatic carbocycles. The van der Waals surface area contributed by atoms with E-state index in [-0.39, 0.29) is 24.5 Å². The summed E-state index contributed by atoms with van der Waals surface area (Å²) in [6.45, 7) is 3.93. The third kappa shape index (κ3) is 4.48. The fourth-order valence-corrected chi connectivity index (χ4v) is 2.07. The number of esters is 2. The first-order valence-electron chi connectivity index (χ1n) is 7.11. The van der Waals surface area contributed by atoms with Gasteiger partial charge in [-0.15, -0.1) is 0 Å². The quantitative estimate of drug-likeness (QED) is 0.743. The van der Waals surface area contributed by atoms with Crippen molar-refractivity contribution in [1.82, 2.24) is 19.5 Å². The zero-order valence-electron chi connectivity index (χ0n) is 13.5. The Morgan fingerprint density at radius 2 is 2.00 bits per heavy atom. The molecule has 2 rings (SSSR count). The summed E-state index contributed by atoms with van der Waals surface area (Å²) in [5.74, 6) is -1.36. The molecule has 0 aliphatic carbocycles. The van der Waals surface area contributed by atoms with E-state index in [9.17, 15) is 14.4 Å². The van der Waals surface area contributed by atoms with E-state index >= 15 is 0 Å². The van der Waals surface area contributed by atoms with Gasteiger partial charge in [0.15, 0.2) is 17.2 Å². The first-order valence-corrected chi connectivity index (χ1v) is 7.11. The molecule has 2 aromatic heterocycles. The molecule has 10 heteroatoms. The highest BCUT2D eigenvalue weighted by Crippen LogP contribution is 2.07. The van der Waals surface area contributed by atoms with Gasteiger partial charge < -0.3 is 19.0 Å². The van der Waals surface area contributed by atoms with Crippen molar-refractivity contribution in [2.75, 3.05) is 6.61 Å². The normalized spacial score (nSPS) is 12.9. The molecule has 2 aromatic rings. The number of carbonyl (C=O) groups is 3. The summed E-state index contributed by atoms with van der Waals surface area (Å²) in [5.41, 5.74) is 1.17. The summed E-state index contributed by atoms with van der Waals surface area (Å²) in [5, 5.41) is 0. The second-order valence-electron chi connectivity index (χ2n) is 4.99. The Kier molecular flexibility index (Phi) is 5.40. The second kappa shape index (κ2) is 7.49. The number of aromatic nitrogens is 4. The first kappa shape index (κ1) is 17.3. The Hall–Kier alpha value is -3.04. The summed E-state index contributed by atoms with van der Waals surface area (Å²) in [6.07, 6.45) is 2.16. The lowest BCUT2D eigenvalue weighted by Gasteiger charge is -2.18. The molecule has 128 valence electrons. The molecule has 1 amide bonds. The minimum atomic E-state index is -0.700. The Bertz CT molecular complexity index is 837. The van der Waals surface area contributed by atoms with Gasteiger partial charge in [0.05, 0.1) is 19.2 Å². The van der Waals surface area contributed by atoms with E-state index in [0.717, 1.165) is 0 Å². The third-order valence-electron chi connectivity index (χ3n) is 2.90. The van der Waals surface area contributed by atoms with Crippen LogP contribution in [-0.4, -0.2) is 50.1 Å². The molecule has 10 nitrogen and oxygen atoms in total. The van der Waals surface area contributed by atoms with Crippen molar-refractivity contribution in [3.05, 3.63) is 18.1 Å². The SMILES string of the molecule is CC(=O)N=c1ncn(CC(COC(C)=O)OC(C)=O)c2nc[nH]c12. The molecule has 1 unspecified atom stereocenters. The van der Waals surface area contributed by atoms with Gasteiger partial charge >= 0.3 is 11.9 Å². The lowest BCUT2D eigenvalue weighted by Crippen LogP contribution is -2.29. The minimum Gasteiger partial charge on any atom is -0.462 e. The van der Waals surface area contributed by atoms with Crippen LogP contribution < -0.4 is 5.49 Å². The topological polar surface area (TPSA) is 129 Å². The molecule has 1 atom stereocenters. The fraction of sp³-hybridized carbons (Fsp3) is 0.429. The highest BCUT2D eigenvalue weighted by molar-refractivity contribution is 5.76. The van der Waals surface area contributed by atoms with Crippen LogP contribution in [0.3, 0.4) is 0 Å². The number of nitrogens with zero attached hydrogens (tertiary/aromatic N) is 4. The maximum absolute atomic E-state index is 11.2. The molecule has 0 radical (unpaired) electrons. The van der Waals surface area contributed by atoms with Crippen molar-refractivity contribution in [3.8, 4) is 0 Å². The van der Waals surface area contributed by atoms with Gasteiger partial charge in [-0.05, 0) is 0 Å². The Morgan fingerprint density at radius 3 is 2.62 bits per heavy atom. The third-order valence-corrected chi connectivity index (χ3v) is 2.90. The molecule has 24 heavy (non-hydrogen) atoms. The summed E-state index contributed by atoms with van der Waals surface area (Å²) >= 11 is 0. The van der Waals surface area contributed by atoms with Crippen molar-refractivity contribution in [3.63, 3.8) is 0 Å². The summed E-state index contributed by atoms with van der Waals surface area (Å²) in [6, 6.07) is 0. The lowest BCUT2D eigenvalue weighted by atomic mass is 10.3. The van der Waals surface area contributed by atoms with Crippen LogP contribution in [-0.2, 0) is 30.4 Å². The molecule has 0 saturated carbocycles. The van der Waals surface area contributed by atoms with Gasteiger partial charge in [-0.3, -0.25) is 14.4 Å². The predicted molar refractivity (Wildman–Crippen MR) is 80.3 cm³/mol. The molecule has 2 heterocycles. The van der Waals surface area contributed by atoms with Crippen LogP contribution in [0.5, 0.6) is 0 Å².